The van der Waals surface area contributed by atoms with Gasteiger partial charge < -0.3 is 10.6 Å². The number of rotatable bonds is 6. The SMILES string of the molecule is O=C(C=Cc1cccc([N+](=O)[O-])c1)Nc1ccc(NC(=O)c2cccc(Cl)c2)cc1. The van der Waals surface area contributed by atoms with Gasteiger partial charge in [-0.1, -0.05) is 29.8 Å². The summed E-state index contributed by atoms with van der Waals surface area (Å²) in [7, 11) is 0. The second-order valence-electron chi connectivity index (χ2n) is 6.22. The lowest BCUT2D eigenvalue weighted by Gasteiger charge is -2.07. The Labute approximate surface area is 177 Å². The smallest absolute Gasteiger partial charge is 0.270 e. The summed E-state index contributed by atoms with van der Waals surface area (Å²) in [5.41, 5.74) is 2.02. The molecule has 2 N–H and O–H groups in total. The molecule has 8 heteroatoms. The summed E-state index contributed by atoms with van der Waals surface area (Å²) in [4.78, 5) is 34.6. The average molecular weight is 422 g/mol. The average Bonchev–Trinajstić information content (AvgIpc) is 2.74. The maximum Gasteiger partial charge on any atom is 0.270 e. The summed E-state index contributed by atoms with van der Waals surface area (Å²) in [5.74, 6) is -0.689. The van der Waals surface area contributed by atoms with Gasteiger partial charge in [0.1, 0.15) is 0 Å². The van der Waals surface area contributed by atoms with Gasteiger partial charge in [0, 0.05) is 40.2 Å². The van der Waals surface area contributed by atoms with Gasteiger partial charge in [-0.05, 0) is 54.1 Å². The normalized spacial score (nSPS) is 10.6. The van der Waals surface area contributed by atoms with Gasteiger partial charge in [0.15, 0.2) is 0 Å². The van der Waals surface area contributed by atoms with Gasteiger partial charge in [-0.3, -0.25) is 19.7 Å². The van der Waals surface area contributed by atoms with Crippen LogP contribution in [0.3, 0.4) is 0 Å². The Morgan fingerprint density at radius 2 is 1.57 bits per heavy atom. The molecule has 0 atom stereocenters. The first kappa shape index (κ1) is 20.8. The molecule has 0 unspecified atom stereocenters. The largest absolute Gasteiger partial charge is 0.323 e. The van der Waals surface area contributed by atoms with Crippen molar-refractivity contribution >= 4 is 46.6 Å². The number of amides is 2. The Morgan fingerprint density at radius 1 is 0.900 bits per heavy atom. The number of non-ortho nitro benzene ring substituents is 1. The minimum absolute atomic E-state index is 0.0482. The third kappa shape index (κ3) is 5.76. The lowest BCUT2D eigenvalue weighted by Crippen LogP contribution is -2.12. The lowest BCUT2D eigenvalue weighted by molar-refractivity contribution is -0.384. The fraction of sp³-hybridized carbons (Fsp3) is 0. The van der Waals surface area contributed by atoms with Gasteiger partial charge >= 0.3 is 0 Å². The molecule has 0 bridgehead atoms. The molecule has 0 radical (unpaired) electrons. The topological polar surface area (TPSA) is 101 Å². The van der Waals surface area contributed by atoms with E-state index in [9.17, 15) is 19.7 Å². The summed E-state index contributed by atoms with van der Waals surface area (Å²) in [5, 5.41) is 16.7. The van der Waals surface area contributed by atoms with E-state index in [2.05, 4.69) is 10.6 Å². The molecule has 2 amide bonds. The first-order valence-electron chi connectivity index (χ1n) is 8.81. The Kier molecular flexibility index (Phi) is 6.56. The van der Waals surface area contributed by atoms with Crippen LogP contribution in [-0.4, -0.2) is 16.7 Å². The first-order chi connectivity index (χ1) is 14.4. The number of nitro groups is 1. The number of hydrogen-bond acceptors (Lipinski definition) is 4. The third-order valence-electron chi connectivity index (χ3n) is 4.01. The van der Waals surface area contributed by atoms with Crippen LogP contribution in [-0.2, 0) is 4.79 Å². The van der Waals surface area contributed by atoms with Gasteiger partial charge in [0.25, 0.3) is 11.6 Å². The van der Waals surface area contributed by atoms with Crippen molar-refractivity contribution in [3.05, 3.63) is 105 Å². The van der Waals surface area contributed by atoms with E-state index >= 15 is 0 Å². The van der Waals surface area contributed by atoms with Gasteiger partial charge in [-0.2, -0.15) is 0 Å². The van der Waals surface area contributed by atoms with Crippen molar-refractivity contribution in [2.24, 2.45) is 0 Å². The Balaban J connectivity index is 1.58. The highest BCUT2D eigenvalue weighted by molar-refractivity contribution is 6.31. The second-order valence-corrected chi connectivity index (χ2v) is 6.65. The van der Waals surface area contributed by atoms with E-state index in [0.29, 0.717) is 27.5 Å². The lowest BCUT2D eigenvalue weighted by atomic mass is 10.2. The molecule has 30 heavy (non-hydrogen) atoms. The van der Waals surface area contributed by atoms with Crippen LogP contribution < -0.4 is 10.6 Å². The van der Waals surface area contributed by atoms with Crippen molar-refractivity contribution < 1.29 is 14.5 Å². The Bertz CT molecular complexity index is 1130. The van der Waals surface area contributed by atoms with E-state index in [1.807, 2.05) is 0 Å². The molecule has 3 aromatic carbocycles. The number of benzene rings is 3. The first-order valence-corrected chi connectivity index (χ1v) is 9.19. The zero-order valence-corrected chi connectivity index (χ0v) is 16.3. The van der Waals surface area contributed by atoms with Crippen molar-refractivity contribution in [3.8, 4) is 0 Å². The zero-order valence-electron chi connectivity index (χ0n) is 15.5. The van der Waals surface area contributed by atoms with Crippen LogP contribution >= 0.6 is 11.6 Å². The quantitative estimate of drug-likeness (QED) is 0.326. The van der Waals surface area contributed by atoms with Crippen molar-refractivity contribution in [2.75, 3.05) is 10.6 Å². The van der Waals surface area contributed by atoms with E-state index in [1.54, 1.807) is 60.7 Å². The summed E-state index contributed by atoms with van der Waals surface area (Å²) >= 11 is 5.89. The molecular weight excluding hydrogens is 406 g/mol. The number of anilines is 2. The number of nitrogens with zero attached hydrogens (tertiary/aromatic N) is 1. The molecule has 0 aliphatic heterocycles. The van der Waals surface area contributed by atoms with E-state index in [1.165, 1.54) is 24.3 Å². The number of nitrogens with one attached hydrogen (secondary N) is 2. The van der Waals surface area contributed by atoms with Gasteiger partial charge in [-0.15, -0.1) is 0 Å². The van der Waals surface area contributed by atoms with Crippen molar-refractivity contribution in [3.63, 3.8) is 0 Å². The molecule has 150 valence electrons. The number of carbonyl (C=O) groups excluding carboxylic acids is 2. The summed E-state index contributed by atoms with van der Waals surface area (Å²) in [6.45, 7) is 0. The fourth-order valence-corrected chi connectivity index (χ4v) is 2.76. The molecule has 0 fully saturated rings. The van der Waals surface area contributed by atoms with Crippen molar-refractivity contribution in [2.45, 2.75) is 0 Å². The highest BCUT2D eigenvalue weighted by Crippen LogP contribution is 2.17. The minimum atomic E-state index is -0.496. The van der Waals surface area contributed by atoms with E-state index in [0.717, 1.165) is 0 Å². The van der Waals surface area contributed by atoms with Crippen LogP contribution in [0.2, 0.25) is 5.02 Å². The number of nitro benzene ring substituents is 1. The summed E-state index contributed by atoms with van der Waals surface area (Å²) in [6.07, 6.45) is 2.77. The Morgan fingerprint density at radius 3 is 2.23 bits per heavy atom. The molecule has 0 heterocycles. The molecular formula is C22H16ClN3O4. The third-order valence-corrected chi connectivity index (χ3v) is 4.24. The van der Waals surface area contributed by atoms with Crippen molar-refractivity contribution in [1.82, 2.24) is 0 Å². The summed E-state index contributed by atoms with van der Waals surface area (Å²) < 4.78 is 0. The molecule has 3 aromatic rings. The van der Waals surface area contributed by atoms with E-state index in [4.69, 9.17) is 11.6 Å². The molecule has 0 aliphatic carbocycles. The predicted octanol–water partition coefficient (Wildman–Crippen LogP) is 5.15. The van der Waals surface area contributed by atoms with Crippen LogP contribution in [0.25, 0.3) is 6.08 Å². The molecule has 0 saturated carbocycles. The van der Waals surface area contributed by atoms with E-state index in [-0.39, 0.29) is 11.6 Å². The highest BCUT2D eigenvalue weighted by atomic mass is 35.5. The van der Waals surface area contributed by atoms with Gasteiger partial charge in [0.2, 0.25) is 5.91 Å². The number of hydrogen-bond donors (Lipinski definition) is 2. The Hall–Kier alpha value is -3.97. The maximum absolute atomic E-state index is 12.2. The second kappa shape index (κ2) is 9.49. The standard InChI is InChI=1S/C22H16ClN3O4/c23-17-5-2-4-16(14-17)22(28)25-19-10-8-18(9-11-19)24-21(27)12-7-15-3-1-6-20(13-15)26(29)30/h1-14H,(H,24,27)(H,25,28). The zero-order chi connectivity index (χ0) is 21.5. The molecule has 0 aliphatic rings. The molecule has 0 saturated heterocycles. The van der Waals surface area contributed by atoms with Crippen LogP contribution in [0.15, 0.2) is 78.9 Å². The molecule has 7 nitrogen and oxygen atoms in total. The van der Waals surface area contributed by atoms with Crippen molar-refractivity contribution in [1.29, 1.82) is 0 Å². The number of halogens is 1. The molecule has 3 rings (SSSR count). The van der Waals surface area contributed by atoms with Gasteiger partial charge in [0.05, 0.1) is 4.92 Å². The maximum atomic E-state index is 12.2. The van der Waals surface area contributed by atoms with E-state index < -0.39 is 10.8 Å². The fourth-order valence-electron chi connectivity index (χ4n) is 2.57. The van der Waals surface area contributed by atoms with Gasteiger partial charge in [-0.25, -0.2) is 0 Å². The molecule has 0 spiro atoms. The van der Waals surface area contributed by atoms with Crippen LogP contribution in [0, 0.1) is 10.1 Å². The number of carbonyl (C=O) groups is 2. The molecule has 0 aromatic heterocycles. The monoisotopic (exact) mass is 421 g/mol. The van der Waals surface area contributed by atoms with Crippen LogP contribution in [0.4, 0.5) is 17.1 Å². The predicted molar refractivity (Wildman–Crippen MR) is 117 cm³/mol. The van der Waals surface area contributed by atoms with Crippen LogP contribution in [0.1, 0.15) is 15.9 Å². The highest BCUT2D eigenvalue weighted by Gasteiger charge is 2.07. The minimum Gasteiger partial charge on any atom is -0.323 e. The van der Waals surface area contributed by atoms with Crippen LogP contribution in [0.5, 0.6) is 0 Å². The summed E-state index contributed by atoms with van der Waals surface area (Å²) in [6, 6.07) is 19.2.